The van der Waals surface area contributed by atoms with Gasteiger partial charge < -0.3 is 0 Å². The van der Waals surface area contributed by atoms with Crippen LogP contribution in [0.15, 0.2) is 23.8 Å². The molecule has 0 heterocycles. The molecule has 8 nitrogen and oxygen atoms in total. The average molecular weight is 318 g/mol. The van der Waals surface area contributed by atoms with Gasteiger partial charge in [-0.2, -0.15) is 0 Å². The lowest BCUT2D eigenvalue weighted by molar-refractivity contribution is -0.394. The standard InChI is InChI=1S/C15H14N2O6/c1-15(2)7-13(18)11(14(19)8-15)5-9-3-4-10(16(20)21)6-12(9)17(22)23/h3-6H,7-8H2,1-2H3. The smallest absolute Gasteiger partial charge is 0.283 e. The van der Waals surface area contributed by atoms with Crippen molar-refractivity contribution in [2.45, 2.75) is 26.7 Å². The highest BCUT2D eigenvalue weighted by molar-refractivity contribution is 6.25. The normalized spacial score (nSPS) is 17.0. The van der Waals surface area contributed by atoms with Crippen molar-refractivity contribution in [3.63, 3.8) is 0 Å². The van der Waals surface area contributed by atoms with Gasteiger partial charge in [0.1, 0.15) is 0 Å². The van der Waals surface area contributed by atoms with Crippen molar-refractivity contribution in [2.75, 3.05) is 0 Å². The molecule has 0 bridgehead atoms. The molecule has 1 saturated carbocycles. The van der Waals surface area contributed by atoms with Crippen molar-refractivity contribution >= 4 is 29.0 Å². The molecule has 0 aliphatic heterocycles. The van der Waals surface area contributed by atoms with Crippen LogP contribution in [0.3, 0.4) is 0 Å². The number of allylic oxidation sites excluding steroid dienone is 1. The monoisotopic (exact) mass is 318 g/mol. The third-order valence-electron chi connectivity index (χ3n) is 3.60. The Morgan fingerprint density at radius 1 is 1.04 bits per heavy atom. The maximum absolute atomic E-state index is 12.1. The molecule has 1 aliphatic carbocycles. The van der Waals surface area contributed by atoms with Gasteiger partial charge in [-0.1, -0.05) is 13.8 Å². The molecule has 0 saturated heterocycles. The number of ketones is 2. The number of nitro benzene ring substituents is 2. The van der Waals surface area contributed by atoms with E-state index in [0.717, 1.165) is 18.2 Å². The Morgan fingerprint density at radius 2 is 1.61 bits per heavy atom. The van der Waals surface area contributed by atoms with Gasteiger partial charge in [0, 0.05) is 18.9 Å². The maximum atomic E-state index is 12.1. The van der Waals surface area contributed by atoms with Crippen LogP contribution < -0.4 is 0 Å². The molecule has 0 unspecified atom stereocenters. The van der Waals surface area contributed by atoms with Crippen LogP contribution in [0.2, 0.25) is 0 Å². The summed E-state index contributed by atoms with van der Waals surface area (Å²) in [5, 5.41) is 21.8. The van der Waals surface area contributed by atoms with Gasteiger partial charge in [-0.3, -0.25) is 29.8 Å². The van der Waals surface area contributed by atoms with Gasteiger partial charge in [-0.15, -0.1) is 0 Å². The SMILES string of the molecule is CC1(C)CC(=O)C(=Cc2ccc([N+](=O)[O-])cc2[N+](=O)[O-])C(=O)C1. The summed E-state index contributed by atoms with van der Waals surface area (Å²) < 4.78 is 0. The van der Waals surface area contributed by atoms with Crippen molar-refractivity contribution in [2.24, 2.45) is 5.41 Å². The van der Waals surface area contributed by atoms with E-state index in [1.807, 2.05) is 0 Å². The first-order valence-corrected chi connectivity index (χ1v) is 6.82. The van der Waals surface area contributed by atoms with Gasteiger partial charge in [-0.05, 0) is 17.6 Å². The van der Waals surface area contributed by atoms with Gasteiger partial charge in [0.25, 0.3) is 11.4 Å². The molecule has 120 valence electrons. The Balaban J connectivity index is 2.50. The second-order valence-electron chi connectivity index (χ2n) is 6.18. The summed E-state index contributed by atoms with van der Waals surface area (Å²) >= 11 is 0. The Kier molecular flexibility index (Phi) is 4.09. The van der Waals surface area contributed by atoms with E-state index in [9.17, 15) is 29.8 Å². The zero-order chi connectivity index (χ0) is 17.4. The first-order chi connectivity index (χ1) is 10.6. The predicted molar refractivity (Wildman–Crippen MR) is 80.8 cm³/mol. The molecule has 23 heavy (non-hydrogen) atoms. The summed E-state index contributed by atoms with van der Waals surface area (Å²) in [7, 11) is 0. The highest BCUT2D eigenvalue weighted by atomic mass is 16.6. The van der Waals surface area contributed by atoms with Gasteiger partial charge in [-0.25, -0.2) is 0 Å². The van der Waals surface area contributed by atoms with Crippen LogP contribution in [0, 0.1) is 25.6 Å². The summed E-state index contributed by atoms with van der Waals surface area (Å²) in [5.41, 5.74) is -1.48. The first kappa shape index (κ1) is 16.5. The van der Waals surface area contributed by atoms with E-state index >= 15 is 0 Å². The topological polar surface area (TPSA) is 120 Å². The van der Waals surface area contributed by atoms with E-state index in [-0.39, 0.29) is 35.5 Å². The number of hydrogen-bond acceptors (Lipinski definition) is 6. The minimum absolute atomic E-state index is 0.00277. The van der Waals surface area contributed by atoms with Crippen molar-refractivity contribution < 1.29 is 19.4 Å². The molecule has 0 radical (unpaired) electrons. The third kappa shape index (κ3) is 3.47. The Hall–Kier alpha value is -2.90. The number of rotatable bonds is 3. The van der Waals surface area contributed by atoms with Crippen LogP contribution >= 0.6 is 0 Å². The van der Waals surface area contributed by atoms with E-state index in [1.54, 1.807) is 13.8 Å². The number of non-ortho nitro benzene ring substituents is 1. The van der Waals surface area contributed by atoms with E-state index in [1.165, 1.54) is 6.07 Å². The Labute approximate surface area is 131 Å². The number of benzene rings is 1. The molecule has 1 fully saturated rings. The van der Waals surface area contributed by atoms with Gasteiger partial charge >= 0.3 is 0 Å². The van der Waals surface area contributed by atoms with E-state index in [4.69, 9.17) is 0 Å². The summed E-state index contributed by atoms with van der Waals surface area (Å²) in [5.74, 6) is -0.752. The minimum Gasteiger partial charge on any atom is -0.294 e. The lowest BCUT2D eigenvalue weighted by Crippen LogP contribution is -2.31. The highest BCUT2D eigenvalue weighted by Crippen LogP contribution is 2.35. The molecule has 0 aromatic heterocycles. The van der Waals surface area contributed by atoms with Gasteiger partial charge in [0.2, 0.25) is 0 Å². The average Bonchev–Trinajstić information content (AvgIpc) is 2.41. The van der Waals surface area contributed by atoms with Crippen LogP contribution in [-0.2, 0) is 9.59 Å². The summed E-state index contributed by atoms with van der Waals surface area (Å²) in [4.78, 5) is 44.5. The fourth-order valence-corrected chi connectivity index (χ4v) is 2.52. The van der Waals surface area contributed by atoms with Crippen molar-refractivity contribution in [3.05, 3.63) is 49.6 Å². The lowest BCUT2D eigenvalue weighted by Gasteiger charge is -2.28. The van der Waals surface area contributed by atoms with Crippen LogP contribution in [-0.4, -0.2) is 21.4 Å². The van der Waals surface area contributed by atoms with Gasteiger partial charge in [0.05, 0.1) is 27.0 Å². The third-order valence-corrected chi connectivity index (χ3v) is 3.60. The zero-order valence-corrected chi connectivity index (χ0v) is 12.6. The number of carbonyl (C=O) groups excluding carboxylic acids is 2. The number of carbonyl (C=O) groups is 2. The molecule has 2 rings (SSSR count). The fraction of sp³-hybridized carbons (Fsp3) is 0.333. The largest absolute Gasteiger partial charge is 0.294 e. The van der Waals surface area contributed by atoms with Gasteiger partial charge in [0.15, 0.2) is 11.6 Å². The molecular weight excluding hydrogens is 304 g/mol. The van der Waals surface area contributed by atoms with Crippen LogP contribution in [0.5, 0.6) is 0 Å². The summed E-state index contributed by atoms with van der Waals surface area (Å²) in [6, 6.07) is 3.08. The highest BCUT2D eigenvalue weighted by Gasteiger charge is 2.35. The summed E-state index contributed by atoms with van der Waals surface area (Å²) in [6.07, 6.45) is 1.50. The molecule has 0 amide bonds. The molecule has 8 heteroatoms. The van der Waals surface area contributed by atoms with Crippen molar-refractivity contribution in [1.29, 1.82) is 0 Å². The summed E-state index contributed by atoms with van der Waals surface area (Å²) in [6.45, 7) is 3.60. The zero-order valence-electron chi connectivity index (χ0n) is 12.6. The first-order valence-electron chi connectivity index (χ1n) is 6.82. The quantitative estimate of drug-likeness (QED) is 0.365. The number of nitrogens with zero attached hydrogens (tertiary/aromatic N) is 2. The molecule has 0 atom stereocenters. The van der Waals surface area contributed by atoms with Crippen LogP contribution in [0.4, 0.5) is 11.4 Å². The predicted octanol–water partition coefficient (Wildman–Crippen LogP) is 2.84. The molecule has 0 N–H and O–H groups in total. The Morgan fingerprint density at radius 3 is 2.09 bits per heavy atom. The van der Waals surface area contributed by atoms with E-state index < -0.39 is 26.6 Å². The molecular formula is C15H14N2O6. The van der Waals surface area contributed by atoms with Crippen LogP contribution in [0.25, 0.3) is 6.08 Å². The maximum Gasteiger partial charge on any atom is 0.283 e. The van der Waals surface area contributed by atoms with E-state index in [0.29, 0.717) is 0 Å². The van der Waals surface area contributed by atoms with Crippen molar-refractivity contribution in [3.8, 4) is 0 Å². The van der Waals surface area contributed by atoms with Crippen LogP contribution in [0.1, 0.15) is 32.3 Å². The van der Waals surface area contributed by atoms with E-state index in [2.05, 4.69) is 0 Å². The molecule has 1 aliphatic rings. The Bertz CT molecular complexity index is 741. The second kappa shape index (κ2) is 5.71. The number of hydrogen-bond donors (Lipinski definition) is 0. The molecule has 0 spiro atoms. The number of Topliss-reactive ketones (excluding diaryl/α,β-unsaturated/α-hetero) is 2. The molecule has 1 aromatic rings. The number of nitro groups is 2. The lowest BCUT2D eigenvalue weighted by atomic mass is 9.74. The fourth-order valence-electron chi connectivity index (χ4n) is 2.52. The minimum atomic E-state index is -0.777. The van der Waals surface area contributed by atoms with Crippen molar-refractivity contribution in [1.82, 2.24) is 0 Å². The molecule has 1 aromatic carbocycles. The second-order valence-corrected chi connectivity index (χ2v) is 6.18.